The number of rotatable bonds is 4. The fourth-order valence-corrected chi connectivity index (χ4v) is 2.07. The fourth-order valence-electron chi connectivity index (χ4n) is 2.07. The van der Waals surface area contributed by atoms with Gasteiger partial charge in [-0.2, -0.15) is 0 Å². The molecule has 0 N–H and O–H groups in total. The second kappa shape index (κ2) is 5.67. The highest BCUT2D eigenvalue weighted by Crippen LogP contribution is 2.08. The Morgan fingerprint density at radius 1 is 1.00 bits per heavy atom. The molecule has 0 saturated heterocycles. The smallest absolute Gasteiger partial charge is 0.250 e. The zero-order chi connectivity index (χ0) is 13.0. The molecule has 0 spiro atoms. The van der Waals surface area contributed by atoms with Crippen molar-refractivity contribution in [2.24, 2.45) is 0 Å². The van der Waals surface area contributed by atoms with Crippen LogP contribution >= 0.6 is 0 Å². The first kappa shape index (κ1) is 12.6. The molecule has 0 fully saturated rings. The lowest BCUT2D eigenvalue weighted by Crippen LogP contribution is -2.19. The summed E-state index contributed by atoms with van der Waals surface area (Å²) >= 11 is 0. The van der Waals surface area contributed by atoms with Crippen molar-refractivity contribution in [3.05, 3.63) is 69.6 Å². The largest absolute Gasteiger partial charge is 0.311 e. The van der Waals surface area contributed by atoms with E-state index >= 15 is 0 Å². The summed E-state index contributed by atoms with van der Waals surface area (Å²) < 4.78 is 1.75. The Bertz CT molecular complexity index is 566. The number of hydrogen-bond acceptors (Lipinski definition) is 1. The summed E-state index contributed by atoms with van der Waals surface area (Å²) in [6.45, 7) is 4.83. The second-order valence-electron chi connectivity index (χ2n) is 4.74. The van der Waals surface area contributed by atoms with Gasteiger partial charge in [0.15, 0.2) is 0 Å². The third-order valence-corrected chi connectivity index (χ3v) is 3.05. The van der Waals surface area contributed by atoms with E-state index in [9.17, 15) is 4.79 Å². The Morgan fingerprint density at radius 3 is 2.33 bits per heavy atom. The minimum Gasteiger partial charge on any atom is -0.311 e. The van der Waals surface area contributed by atoms with Crippen LogP contribution in [0, 0.1) is 6.92 Å². The predicted octanol–water partition coefficient (Wildman–Crippen LogP) is 3.16. The van der Waals surface area contributed by atoms with Crippen LogP contribution in [0.5, 0.6) is 0 Å². The van der Waals surface area contributed by atoms with Crippen molar-refractivity contribution in [3.8, 4) is 0 Å². The zero-order valence-electron chi connectivity index (χ0n) is 11.0. The lowest BCUT2D eigenvalue weighted by Gasteiger charge is -2.07. The van der Waals surface area contributed by atoms with Crippen LogP contribution in [-0.4, -0.2) is 4.57 Å². The van der Waals surface area contributed by atoms with Gasteiger partial charge in [-0.1, -0.05) is 43.7 Å². The monoisotopic (exact) mass is 241 g/mol. The lowest BCUT2D eigenvalue weighted by atomic mass is 10.1. The molecule has 2 rings (SSSR count). The van der Waals surface area contributed by atoms with E-state index in [2.05, 4.69) is 31.2 Å². The molecular formula is C16H19NO. The molecule has 0 unspecified atom stereocenters. The number of aromatic nitrogens is 1. The van der Waals surface area contributed by atoms with Crippen LogP contribution in [0.3, 0.4) is 0 Å². The van der Waals surface area contributed by atoms with Crippen LogP contribution in [0.1, 0.15) is 30.0 Å². The van der Waals surface area contributed by atoms with Gasteiger partial charge < -0.3 is 4.57 Å². The summed E-state index contributed by atoms with van der Waals surface area (Å²) in [5.41, 5.74) is 3.69. The summed E-state index contributed by atoms with van der Waals surface area (Å²) in [5, 5.41) is 0. The Balaban J connectivity index is 2.18. The van der Waals surface area contributed by atoms with Crippen LogP contribution in [0.4, 0.5) is 0 Å². The SMILES string of the molecule is CCCc1ccc(Cn2cc(C)ccc2=O)cc1. The molecule has 94 valence electrons. The highest BCUT2D eigenvalue weighted by atomic mass is 16.1. The van der Waals surface area contributed by atoms with E-state index in [1.54, 1.807) is 10.6 Å². The number of benzene rings is 1. The average Bonchev–Trinajstić information content (AvgIpc) is 2.37. The molecule has 1 heterocycles. The summed E-state index contributed by atoms with van der Waals surface area (Å²) in [5.74, 6) is 0. The maximum Gasteiger partial charge on any atom is 0.250 e. The molecule has 1 aromatic heterocycles. The molecule has 0 aliphatic rings. The number of nitrogens with zero attached hydrogens (tertiary/aromatic N) is 1. The van der Waals surface area contributed by atoms with Crippen LogP contribution in [0.15, 0.2) is 47.4 Å². The summed E-state index contributed by atoms with van der Waals surface area (Å²) in [6, 6.07) is 12.0. The van der Waals surface area contributed by atoms with Gasteiger partial charge in [0.1, 0.15) is 0 Å². The number of pyridine rings is 1. The number of hydrogen-bond donors (Lipinski definition) is 0. The molecular weight excluding hydrogens is 222 g/mol. The minimum atomic E-state index is 0.0539. The third kappa shape index (κ3) is 3.10. The van der Waals surface area contributed by atoms with Gasteiger partial charge in [-0.3, -0.25) is 4.79 Å². The lowest BCUT2D eigenvalue weighted by molar-refractivity contribution is 0.753. The van der Waals surface area contributed by atoms with Crippen LogP contribution < -0.4 is 5.56 Å². The van der Waals surface area contributed by atoms with Crippen molar-refractivity contribution in [2.75, 3.05) is 0 Å². The van der Waals surface area contributed by atoms with Gasteiger partial charge in [-0.25, -0.2) is 0 Å². The average molecular weight is 241 g/mol. The van der Waals surface area contributed by atoms with Crippen LogP contribution in [0.2, 0.25) is 0 Å². The van der Waals surface area contributed by atoms with Gasteiger partial charge in [0.25, 0.3) is 5.56 Å². The second-order valence-corrected chi connectivity index (χ2v) is 4.74. The van der Waals surface area contributed by atoms with E-state index in [0.717, 1.165) is 18.4 Å². The summed E-state index contributed by atoms with van der Waals surface area (Å²) in [4.78, 5) is 11.7. The van der Waals surface area contributed by atoms with Crippen molar-refractivity contribution in [1.82, 2.24) is 4.57 Å². The van der Waals surface area contributed by atoms with Crippen molar-refractivity contribution in [1.29, 1.82) is 0 Å². The van der Waals surface area contributed by atoms with E-state index in [1.165, 1.54) is 11.1 Å². The molecule has 2 nitrogen and oxygen atoms in total. The zero-order valence-corrected chi connectivity index (χ0v) is 11.0. The van der Waals surface area contributed by atoms with E-state index in [4.69, 9.17) is 0 Å². The molecule has 0 aliphatic carbocycles. The molecule has 0 amide bonds. The minimum absolute atomic E-state index is 0.0539. The van der Waals surface area contributed by atoms with Gasteiger partial charge in [0, 0.05) is 12.3 Å². The van der Waals surface area contributed by atoms with Gasteiger partial charge in [-0.05, 0) is 30.0 Å². The normalized spacial score (nSPS) is 10.6. The Morgan fingerprint density at radius 2 is 1.67 bits per heavy atom. The maximum absolute atomic E-state index is 11.7. The van der Waals surface area contributed by atoms with Crippen molar-refractivity contribution >= 4 is 0 Å². The third-order valence-electron chi connectivity index (χ3n) is 3.05. The number of aryl methyl sites for hydroxylation is 2. The molecule has 1 aromatic carbocycles. The van der Waals surface area contributed by atoms with E-state index in [0.29, 0.717) is 6.54 Å². The van der Waals surface area contributed by atoms with Crippen LogP contribution in [-0.2, 0) is 13.0 Å². The van der Waals surface area contributed by atoms with Crippen molar-refractivity contribution in [3.63, 3.8) is 0 Å². The first-order chi connectivity index (χ1) is 8.69. The Hall–Kier alpha value is -1.83. The van der Waals surface area contributed by atoms with Gasteiger partial charge in [-0.15, -0.1) is 0 Å². The fraction of sp³-hybridized carbons (Fsp3) is 0.312. The highest BCUT2D eigenvalue weighted by Gasteiger charge is 1.99. The van der Waals surface area contributed by atoms with E-state index in [1.807, 2.05) is 19.2 Å². The molecule has 0 atom stereocenters. The molecule has 0 radical (unpaired) electrons. The summed E-state index contributed by atoms with van der Waals surface area (Å²) in [6.07, 6.45) is 4.18. The molecule has 18 heavy (non-hydrogen) atoms. The van der Waals surface area contributed by atoms with Gasteiger partial charge >= 0.3 is 0 Å². The molecule has 2 heteroatoms. The van der Waals surface area contributed by atoms with Crippen molar-refractivity contribution in [2.45, 2.75) is 33.2 Å². The standard InChI is InChI=1S/C16H19NO/c1-3-4-14-6-8-15(9-7-14)12-17-11-13(2)5-10-16(17)18/h5-11H,3-4,12H2,1-2H3. The Kier molecular flexibility index (Phi) is 3.98. The first-order valence-corrected chi connectivity index (χ1v) is 6.44. The van der Waals surface area contributed by atoms with Gasteiger partial charge in [0.2, 0.25) is 0 Å². The maximum atomic E-state index is 11.7. The van der Waals surface area contributed by atoms with Gasteiger partial charge in [0.05, 0.1) is 6.54 Å². The van der Waals surface area contributed by atoms with E-state index < -0.39 is 0 Å². The molecule has 2 aromatic rings. The highest BCUT2D eigenvalue weighted by molar-refractivity contribution is 5.23. The predicted molar refractivity (Wildman–Crippen MR) is 75.0 cm³/mol. The first-order valence-electron chi connectivity index (χ1n) is 6.44. The molecule has 0 aliphatic heterocycles. The Labute approximate surface area is 108 Å². The summed E-state index contributed by atoms with van der Waals surface area (Å²) in [7, 11) is 0. The van der Waals surface area contributed by atoms with Crippen LogP contribution in [0.25, 0.3) is 0 Å². The van der Waals surface area contributed by atoms with Crippen molar-refractivity contribution < 1.29 is 0 Å². The van der Waals surface area contributed by atoms with E-state index in [-0.39, 0.29) is 5.56 Å². The topological polar surface area (TPSA) is 22.0 Å². The molecule has 0 bridgehead atoms. The quantitative estimate of drug-likeness (QED) is 0.806. The molecule has 0 saturated carbocycles.